The van der Waals surface area contributed by atoms with E-state index in [0.29, 0.717) is 12.0 Å². The summed E-state index contributed by atoms with van der Waals surface area (Å²) in [4.78, 5) is 0. The summed E-state index contributed by atoms with van der Waals surface area (Å²) >= 11 is 0. The summed E-state index contributed by atoms with van der Waals surface area (Å²) in [5.41, 5.74) is 0.486. The topological polar surface area (TPSA) is 9.23 Å². The van der Waals surface area contributed by atoms with Crippen LogP contribution in [0.4, 0.5) is 13.2 Å². The van der Waals surface area contributed by atoms with Crippen LogP contribution in [0.15, 0.2) is 12.1 Å². The van der Waals surface area contributed by atoms with Crippen LogP contribution in [0, 0.1) is 17.5 Å². The van der Waals surface area contributed by atoms with Gasteiger partial charge in [-0.3, -0.25) is 0 Å². The van der Waals surface area contributed by atoms with E-state index in [1.54, 1.807) is 0 Å². The van der Waals surface area contributed by atoms with Crippen molar-refractivity contribution in [3.8, 4) is 0 Å². The second kappa shape index (κ2) is 7.83. The van der Waals surface area contributed by atoms with Gasteiger partial charge in [0.1, 0.15) is 10.5 Å². The molecular weight excluding hydrogens is 281 g/mol. The van der Waals surface area contributed by atoms with Crippen LogP contribution in [0.5, 0.6) is 0 Å². The van der Waals surface area contributed by atoms with Gasteiger partial charge in [-0.25, -0.2) is 13.2 Å². The van der Waals surface area contributed by atoms with Crippen molar-refractivity contribution in [3.05, 3.63) is 35.1 Å². The highest BCUT2D eigenvalue weighted by Gasteiger charge is 2.14. The van der Waals surface area contributed by atoms with Crippen molar-refractivity contribution in [2.24, 2.45) is 0 Å². The van der Waals surface area contributed by atoms with Gasteiger partial charge >= 0.3 is 0 Å². The Labute approximate surface area is 122 Å². The lowest BCUT2D eigenvalue weighted by Crippen LogP contribution is -2.22. The maximum atomic E-state index is 13.0. The normalized spacial score (nSPS) is 12.1. The highest BCUT2D eigenvalue weighted by Crippen LogP contribution is 2.19. The molecule has 0 saturated heterocycles. The van der Waals surface area contributed by atoms with Crippen LogP contribution >= 0.6 is 0 Å². The third kappa shape index (κ3) is 5.67. The van der Waals surface area contributed by atoms with Crippen LogP contribution in [0.25, 0.3) is 0 Å². The Balaban J connectivity index is 2.25. The van der Waals surface area contributed by atoms with Crippen molar-refractivity contribution in [2.75, 3.05) is 0 Å². The number of unbranched alkanes of at least 4 members (excludes halogenated alkanes) is 3. The predicted molar refractivity (Wildman–Crippen MR) is 78.2 cm³/mol. The average Bonchev–Trinajstić information content (AvgIpc) is 2.39. The van der Waals surface area contributed by atoms with Gasteiger partial charge in [-0.15, -0.1) is 0 Å². The Bertz CT molecular complexity index is 412. The fraction of sp³-hybridized carbons (Fsp3) is 0.600. The molecule has 0 N–H and O–H groups in total. The lowest BCUT2D eigenvalue weighted by atomic mass is 9.99. The minimum absolute atomic E-state index is 0.0323. The number of halogens is 3. The molecule has 0 amide bonds. The predicted octanol–water partition coefficient (Wildman–Crippen LogP) is 3.67. The van der Waals surface area contributed by atoms with Gasteiger partial charge in [0.15, 0.2) is 17.5 Å². The quantitative estimate of drug-likeness (QED) is 0.404. The molecule has 1 rings (SSSR count). The van der Waals surface area contributed by atoms with E-state index in [2.05, 4.69) is 13.8 Å². The molecule has 5 heteroatoms. The molecular formula is C15H23F3OSi. The van der Waals surface area contributed by atoms with Gasteiger partial charge in [0.05, 0.1) is 0 Å². The van der Waals surface area contributed by atoms with E-state index in [1.807, 2.05) is 0 Å². The molecule has 0 aromatic heterocycles. The third-order valence-corrected chi connectivity index (χ3v) is 4.70. The summed E-state index contributed by atoms with van der Waals surface area (Å²) in [6.45, 7) is 4.17. The number of benzene rings is 1. The van der Waals surface area contributed by atoms with Crippen LogP contribution in [0.3, 0.4) is 0 Å². The maximum Gasteiger partial charge on any atom is 0.194 e. The van der Waals surface area contributed by atoms with Crippen molar-refractivity contribution >= 4 is 10.5 Å². The van der Waals surface area contributed by atoms with Crippen molar-refractivity contribution in [1.29, 1.82) is 0 Å². The van der Waals surface area contributed by atoms with Crippen LogP contribution in [-0.4, -0.2) is 16.1 Å². The standard InChI is InChI=1S/C15H23F3OSi/c1-15(2,19-20)8-6-4-3-5-7-11-9-12(16)14(18)13(17)10-11/h9-10H,3-8H2,1-2,20H3. The van der Waals surface area contributed by atoms with Crippen molar-refractivity contribution in [2.45, 2.75) is 58.0 Å². The first-order valence-corrected chi connectivity index (χ1v) is 7.86. The van der Waals surface area contributed by atoms with E-state index in [1.165, 1.54) is 0 Å². The summed E-state index contributed by atoms with van der Waals surface area (Å²) in [5.74, 6) is -3.60. The van der Waals surface area contributed by atoms with E-state index >= 15 is 0 Å². The SMILES string of the molecule is CC(C)(CCCCCCc1cc(F)c(F)c(F)c1)O[SiH3]. The molecule has 1 aromatic carbocycles. The molecule has 0 unspecified atom stereocenters. The fourth-order valence-electron chi connectivity index (χ4n) is 2.09. The molecule has 0 saturated carbocycles. The molecule has 20 heavy (non-hydrogen) atoms. The maximum absolute atomic E-state index is 13.0. The van der Waals surface area contributed by atoms with Crippen LogP contribution in [0.1, 0.15) is 51.5 Å². The highest BCUT2D eigenvalue weighted by atomic mass is 28.2. The molecule has 1 nitrogen and oxygen atoms in total. The first-order chi connectivity index (χ1) is 9.35. The highest BCUT2D eigenvalue weighted by molar-refractivity contribution is 5.98. The molecule has 0 spiro atoms. The first-order valence-electron chi connectivity index (χ1n) is 7.04. The van der Waals surface area contributed by atoms with E-state index in [9.17, 15) is 13.2 Å². The number of hydrogen-bond acceptors (Lipinski definition) is 1. The lowest BCUT2D eigenvalue weighted by molar-refractivity contribution is 0.109. The molecule has 0 radical (unpaired) electrons. The van der Waals surface area contributed by atoms with Crippen molar-refractivity contribution < 1.29 is 17.6 Å². The average molecular weight is 304 g/mol. The largest absolute Gasteiger partial charge is 0.423 e. The Hall–Kier alpha value is -0.813. The molecule has 0 aliphatic rings. The van der Waals surface area contributed by atoms with Crippen molar-refractivity contribution in [3.63, 3.8) is 0 Å². The summed E-state index contributed by atoms with van der Waals surface area (Å²) in [6.07, 6.45) is 5.61. The molecule has 0 atom stereocenters. The third-order valence-electron chi connectivity index (χ3n) is 3.59. The van der Waals surface area contributed by atoms with Crippen LogP contribution in [0.2, 0.25) is 0 Å². The van der Waals surface area contributed by atoms with Gasteiger partial charge < -0.3 is 4.43 Å². The Morgan fingerprint density at radius 3 is 2.10 bits per heavy atom. The smallest absolute Gasteiger partial charge is 0.194 e. The molecule has 0 aliphatic heterocycles. The summed E-state index contributed by atoms with van der Waals surface area (Å²) in [5, 5.41) is 0. The van der Waals surface area contributed by atoms with E-state index in [4.69, 9.17) is 4.43 Å². The number of rotatable bonds is 8. The van der Waals surface area contributed by atoms with E-state index in [-0.39, 0.29) is 5.60 Å². The van der Waals surface area contributed by atoms with Gasteiger partial charge in [-0.1, -0.05) is 19.3 Å². The van der Waals surface area contributed by atoms with Gasteiger partial charge in [0.2, 0.25) is 0 Å². The Morgan fingerprint density at radius 1 is 1.00 bits per heavy atom. The van der Waals surface area contributed by atoms with Crippen LogP contribution < -0.4 is 0 Å². The second-order valence-electron chi connectivity index (χ2n) is 5.75. The molecule has 0 fully saturated rings. The second-order valence-corrected chi connectivity index (χ2v) is 6.16. The summed E-state index contributed by atoms with van der Waals surface area (Å²) in [6, 6.07) is 2.16. The molecule has 114 valence electrons. The number of aryl methyl sites for hydroxylation is 1. The zero-order chi connectivity index (χ0) is 15.2. The fourth-order valence-corrected chi connectivity index (χ4v) is 2.29. The van der Waals surface area contributed by atoms with Gasteiger partial charge in [-0.05, 0) is 50.8 Å². The summed E-state index contributed by atoms with van der Waals surface area (Å²) < 4.78 is 44.3. The molecule has 0 bridgehead atoms. The monoisotopic (exact) mass is 304 g/mol. The molecule has 1 aromatic rings. The Kier molecular flexibility index (Phi) is 6.75. The number of hydrogen-bond donors (Lipinski definition) is 0. The van der Waals surface area contributed by atoms with E-state index in [0.717, 1.165) is 54.7 Å². The molecule has 0 heterocycles. The Morgan fingerprint density at radius 2 is 1.55 bits per heavy atom. The lowest BCUT2D eigenvalue weighted by Gasteiger charge is -2.23. The minimum Gasteiger partial charge on any atom is -0.423 e. The zero-order valence-electron chi connectivity index (χ0n) is 12.4. The molecule has 0 aliphatic carbocycles. The van der Waals surface area contributed by atoms with Gasteiger partial charge in [0.25, 0.3) is 0 Å². The van der Waals surface area contributed by atoms with Gasteiger partial charge in [-0.2, -0.15) is 0 Å². The van der Waals surface area contributed by atoms with Gasteiger partial charge in [0, 0.05) is 5.60 Å². The minimum atomic E-state index is -1.39. The van der Waals surface area contributed by atoms with Crippen LogP contribution in [-0.2, 0) is 10.8 Å². The van der Waals surface area contributed by atoms with E-state index < -0.39 is 17.5 Å². The first kappa shape index (κ1) is 17.2. The summed E-state index contributed by atoms with van der Waals surface area (Å²) in [7, 11) is 0.746. The van der Waals surface area contributed by atoms with Crippen molar-refractivity contribution in [1.82, 2.24) is 0 Å². The zero-order valence-corrected chi connectivity index (χ0v) is 14.4.